The van der Waals surface area contributed by atoms with Crippen LogP contribution >= 0.6 is 39.9 Å². The summed E-state index contributed by atoms with van der Waals surface area (Å²) in [6, 6.07) is 5.84. The quantitative estimate of drug-likeness (QED) is 0.873. The molecule has 0 unspecified atom stereocenters. The summed E-state index contributed by atoms with van der Waals surface area (Å²) in [7, 11) is 0. The van der Waals surface area contributed by atoms with E-state index in [-0.39, 0.29) is 24.4 Å². The van der Waals surface area contributed by atoms with Crippen molar-refractivity contribution in [3.63, 3.8) is 0 Å². The summed E-state index contributed by atoms with van der Waals surface area (Å²) in [5.41, 5.74) is 6.81. The molecule has 2 N–H and O–H groups in total. The highest BCUT2D eigenvalue weighted by Gasteiger charge is 2.20. The van der Waals surface area contributed by atoms with Gasteiger partial charge in [-0.15, -0.1) is 12.4 Å². The largest absolute Gasteiger partial charge is 0.342 e. The second-order valence-electron chi connectivity index (χ2n) is 4.64. The number of nitrogens with zero attached hydrogens (tertiary/aromatic N) is 1. The first-order valence-corrected chi connectivity index (χ1v) is 7.20. The third kappa shape index (κ3) is 4.63. The van der Waals surface area contributed by atoms with E-state index in [1.54, 1.807) is 6.07 Å². The van der Waals surface area contributed by atoms with Gasteiger partial charge in [-0.25, -0.2) is 0 Å². The summed E-state index contributed by atoms with van der Waals surface area (Å²) in [4.78, 5) is 14.0. The molecule has 1 aliphatic rings. The first-order valence-electron chi connectivity index (χ1n) is 6.03. The van der Waals surface area contributed by atoms with Crippen LogP contribution in [0.1, 0.15) is 18.4 Å². The van der Waals surface area contributed by atoms with Gasteiger partial charge in [0.2, 0.25) is 5.91 Å². The van der Waals surface area contributed by atoms with Crippen molar-refractivity contribution >= 4 is 45.8 Å². The number of nitrogens with two attached hydrogens (primary N) is 1. The molecule has 0 bridgehead atoms. The highest BCUT2D eigenvalue weighted by atomic mass is 79.9. The lowest BCUT2D eigenvalue weighted by molar-refractivity contribution is -0.131. The highest BCUT2D eigenvalue weighted by Crippen LogP contribution is 2.23. The molecule has 0 aromatic heterocycles. The average molecular weight is 368 g/mol. The van der Waals surface area contributed by atoms with Crippen molar-refractivity contribution in [2.24, 2.45) is 5.73 Å². The number of benzene rings is 1. The van der Waals surface area contributed by atoms with Gasteiger partial charge in [-0.2, -0.15) is 0 Å². The van der Waals surface area contributed by atoms with Crippen LogP contribution < -0.4 is 5.73 Å². The summed E-state index contributed by atoms with van der Waals surface area (Å²) in [6.45, 7) is 1.55. The van der Waals surface area contributed by atoms with E-state index in [0.717, 1.165) is 36.0 Å². The molecule has 2 rings (SSSR count). The molecular weight excluding hydrogens is 351 g/mol. The molecule has 0 spiro atoms. The molecule has 0 radical (unpaired) electrons. The number of carbonyl (C=O) groups excluding carboxylic acids is 1. The average Bonchev–Trinajstić information content (AvgIpc) is 2.34. The third-order valence-corrected chi connectivity index (χ3v) is 4.45. The fraction of sp³-hybridized carbons (Fsp3) is 0.462. The molecule has 3 nitrogen and oxygen atoms in total. The van der Waals surface area contributed by atoms with Crippen LogP contribution in [-0.4, -0.2) is 29.9 Å². The zero-order valence-corrected chi connectivity index (χ0v) is 13.6. The van der Waals surface area contributed by atoms with Crippen LogP contribution in [0.5, 0.6) is 0 Å². The molecule has 0 atom stereocenters. The second kappa shape index (κ2) is 7.48. The number of hydrogen-bond donors (Lipinski definition) is 1. The van der Waals surface area contributed by atoms with E-state index in [1.807, 2.05) is 17.0 Å². The number of halogens is 3. The molecule has 0 aliphatic carbocycles. The number of rotatable bonds is 2. The lowest BCUT2D eigenvalue weighted by Crippen LogP contribution is -2.43. The van der Waals surface area contributed by atoms with Crippen molar-refractivity contribution in [3.05, 3.63) is 33.3 Å². The Balaban J connectivity index is 0.00000180. The van der Waals surface area contributed by atoms with E-state index in [9.17, 15) is 4.79 Å². The Morgan fingerprint density at radius 2 is 2.05 bits per heavy atom. The fourth-order valence-corrected chi connectivity index (χ4v) is 2.63. The van der Waals surface area contributed by atoms with Crippen molar-refractivity contribution < 1.29 is 4.79 Å². The minimum Gasteiger partial charge on any atom is -0.342 e. The molecule has 1 saturated heterocycles. The number of piperidine rings is 1. The van der Waals surface area contributed by atoms with E-state index in [4.69, 9.17) is 17.3 Å². The summed E-state index contributed by atoms with van der Waals surface area (Å²) in [6.07, 6.45) is 2.22. The Kier molecular flexibility index (Phi) is 6.60. The van der Waals surface area contributed by atoms with Crippen LogP contribution in [0.3, 0.4) is 0 Å². The first kappa shape index (κ1) is 16.8. The van der Waals surface area contributed by atoms with Crippen molar-refractivity contribution in [3.8, 4) is 0 Å². The van der Waals surface area contributed by atoms with Crippen LogP contribution in [-0.2, 0) is 11.2 Å². The standard InChI is InChI=1S/C13H16BrClN2O.ClH/c14-11-7-9(1-2-12(11)15)8-13(18)17-5-3-10(16)4-6-17;/h1-2,7,10H,3-6,8,16H2;1H. The molecule has 6 heteroatoms. The van der Waals surface area contributed by atoms with E-state index < -0.39 is 0 Å². The number of likely N-dealkylation sites (tertiary alicyclic amines) is 1. The maximum absolute atomic E-state index is 12.1. The van der Waals surface area contributed by atoms with Crippen LogP contribution in [0.4, 0.5) is 0 Å². The number of hydrogen-bond acceptors (Lipinski definition) is 2. The normalized spacial score (nSPS) is 16.1. The highest BCUT2D eigenvalue weighted by molar-refractivity contribution is 9.10. The van der Waals surface area contributed by atoms with Crippen molar-refractivity contribution in [1.29, 1.82) is 0 Å². The van der Waals surface area contributed by atoms with Crippen molar-refractivity contribution in [1.82, 2.24) is 4.90 Å². The smallest absolute Gasteiger partial charge is 0.226 e. The van der Waals surface area contributed by atoms with Gasteiger partial charge in [0.05, 0.1) is 11.4 Å². The van der Waals surface area contributed by atoms with E-state index in [1.165, 1.54) is 0 Å². The Morgan fingerprint density at radius 3 is 2.63 bits per heavy atom. The minimum atomic E-state index is 0. The SMILES string of the molecule is Cl.NC1CCN(C(=O)Cc2ccc(Cl)c(Br)c2)CC1. The molecule has 1 aromatic carbocycles. The Labute approximate surface area is 133 Å². The second-order valence-corrected chi connectivity index (χ2v) is 5.90. The maximum atomic E-state index is 12.1. The number of carbonyl (C=O) groups is 1. The van der Waals surface area contributed by atoms with Gasteiger partial charge in [0, 0.05) is 23.6 Å². The predicted octanol–water partition coefficient (Wildman–Crippen LogP) is 3.02. The van der Waals surface area contributed by atoms with Gasteiger partial charge in [-0.05, 0) is 46.5 Å². The molecule has 1 amide bonds. The van der Waals surface area contributed by atoms with E-state index in [2.05, 4.69) is 15.9 Å². The first-order chi connectivity index (χ1) is 8.56. The molecule has 106 valence electrons. The van der Waals surface area contributed by atoms with E-state index in [0.29, 0.717) is 11.4 Å². The van der Waals surface area contributed by atoms with Gasteiger partial charge >= 0.3 is 0 Å². The maximum Gasteiger partial charge on any atom is 0.226 e. The third-order valence-electron chi connectivity index (χ3n) is 3.23. The van der Waals surface area contributed by atoms with Crippen LogP contribution in [0.15, 0.2) is 22.7 Å². The zero-order valence-electron chi connectivity index (χ0n) is 10.4. The Morgan fingerprint density at radius 1 is 1.42 bits per heavy atom. The lowest BCUT2D eigenvalue weighted by Gasteiger charge is -2.30. The Bertz CT molecular complexity index is 448. The van der Waals surface area contributed by atoms with Gasteiger partial charge in [-0.3, -0.25) is 4.79 Å². The van der Waals surface area contributed by atoms with Crippen LogP contribution in [0.2, 0.25) is 5.02 Å². The van der Waals surface area contributed by atoms with Crippen LogP contribution in [0.25, 0.3) is 0 Å². The predicted molar refractivity (Wildman–Crippen MR) is 83.9 cm³/mol. The molecule has 0 saturated carbocycles. The molecule has 1 aliphatic heterocycles. The monoisotopic (exact) mass is 366 g/mol. The number of amides is 1. The van der Waals surface area contributed by atoms with Gasteiger partial charge in [0.15, 0.2) is 0 Å². The molecule has 1 heterocycles. The van der Waals surface area contributed by atoms with Gasteiger partial charge in [0.1, 0.15) is 0 Å². The lowest BCUT2D eigenvalue weighted by atomic mass is 10.0. The molecular formula is C13H17BrCl2N2O. The zero-order chi connectivity index (χ0) is 13.1. The molecule has 1 aromatic rings. The van der Waals surface area contributed by atoms with Crippen LogP contribution in [0, 0.1) is 0 Å². The summed E-state index contributed by atoms with van der Waals surface area (Å²) in [5, 5.41) is 0.662. The van der Waals surface area contributed by atoms with Crippen molar-refractivity contribution in [2.75, 3.05) is 13.1 Å². The molecule has 19 heavy (non-hydrogen) atoms. The fourth-order valence-electron chi connectivity index (χ4n) is 2.08. The van der Waals surface area contributed by atoms with Crippen molar-refractivity contribution in [2.45, 2.75) is 25.3 Å². The van der Waals surface area contributed by atoms with Gasteiger partial charge in [-0.1, -0.05) is 17.7 Å². The topological polar surface area (TPSA) is 46.3 Å². The summed E-state index contributed by atoms with van der Waals surface area (Å²) < 4.78 is 0.829. The minimum absolute atomic E-state index is 0. The summed E-state index contributed by atoms with van der Waals surface area (Å²) >= 11 is 9.29. The molecule has 1 fully saturated rings. The van der Waals surface area contributed by atoms with Gasteiger partial charge < -0.3 is 10.6 Å². The Hall–Kier alpha value is -0.290. The van der Waals surface area contributed by atoms with E-state index >= 15 is 0 Å². The summed E-state index contributed by atoms with van der Waals surface area (Å²) in [5.74, 6) is 0.163. The van der Waals surface area contributed by atoms with Gasteiger partial charge in [0.25, 0.3) is 0 Å².